The number of carboxylic acid groups (broad SMARTS) is 1. The highest BCUT2D eigenvalue weighted by Gasteiger charge is 2.09. The Labute approximate surface area is 96.5 Å². The quantitative estimate of drug-likeness (QED) is 0.859. The molecule has 0 unspecified atom stereocenters. The largest absolute Gasteiger partial charge is 0.475 e. The molecular formula is C11H8ClNO3. The van der Waals surface area contributed by atoms with Gasteiger partial charge >= 0.3 is 5.97 Å². The molecule has 0 saturated carbocycles. The third-order valence-corrected chi connectivity index (χ3v) is 2.28. The maximum atomic E-state index is 10.6. The molecule has 0 atom stereocenters. The van der Waals surface area contributed by atoms with Crippen LogP contribution in [0.5, 0.6) is 0 Å². The molecule has 0 saturated heterocycles. The van der Waals surface area contributed by atoms with Crippen LogP contribution in [0.4, 0.5) is 11.6 Å². The number of carboxylic acids is 1. The summed E-state index contributed by atoms with van der Waals surface area (Å²) >= 11 is 5.92. The van der Waals surface area contributed by atoms with E-state index in [0.29, 0.717) is 16.6 Å². The van der Waals surface area contributed by atoms with E-state index in [2.05, 4.69) is 5.32 Å². The van der Waals surface area contributed by atoms with E-state index in [1.54, 1.807) is 18.2 Å². The second-order valence-electron chi connectivity index (χ2n) is 3.07. The van der Waals surface area contributed by atoms with Gasteiger partial charge in [0.15, 0.2) is 5.88 Å². The molecular weight excluding hydrogens is 230 g/mol. The van der Waals surface area contributed by atoms with Crippen molar-refractivity contribution < 1.29 is 14.3 Å². The van der Waals surface area contributed by atoms with Crippen LogP contribution in [0.15, 0.2) is 40.8 Å². The summed E-state index contributed by atoms with van der Waals surface area (Å²) < 4.78 is 5.03. The van der Waals surface area contributed by atoms with E-state index in [4.69, 9.17) is 21.1 Å². The maximum Gasteiger partial charge on any atom is 0.371 e. The van der Waals surface area contributed by atoms with Gasteiger partial charge in [0.2, 0.25) is 5.76 Å². The van der Waals surface area contributed by atoms with Crippen LogP contribution in [-0.4, -0.2) is 11.1 Å². The van der Waals surface area contributed by atoms with Crippen molar-refractivity contribution in [1.29, 1.82) is 0 Å². The molecule has 0 radical (unpaired) electrons. The van der Waals surface area contributed by atoms with Gasteiger partial charge in [-0.25, -0.2) is 4.79 Å². The number of anilines is 2. The summed E-state index contributed by atoms with van der Waals surface area (Å²) in [5.74, 6) is -0.882. The smallest absolute Gasteiger partial charge is 0.371 e. The molecule has 0 fully saturated rings. The normalized spacial score (nSPS) is 10.1. The first-order valence-corrected chi connectivity index (χ1v) is 4.89. The number of nitrogens with one attached hydrogen (secondary N) is 1. The molecule has 4 nitrogen and oxygen atoms in total. The molecule has 2 rings (SSSR count). The molecule has 0 spiro atoms. The number of benzene rings is 1. The Morgan fingerprint density at radius 3 is 2.62 bits per heavy atom. The maximum absolute atomic E-state index is 10.6. The fourth-order valence-electron chi connectivity index (χ4n) is 1.22. The zero-order valence-corrected chi connectivity index (χ0v) is 8.86. The Morgan fingerprint density at radius 2 is 2.00 bits per heavy atom. The van der Waals surface area contributed by atoms with E-state index in [1.807, 2.05) is 6.07 Å². The van der Waals surface area contributed by atoms with Crippen LogP contribution in [0.2, 0.25) is 5.02 Å². The molecule has 0 aliphatic carbocycles. The van der Waals surface area contributed by atoms with Crippen LogP contribution in [0.3, 0.4) is 0 Å². The molecule has 0 bridgehead atoms. The molecule has 0 aliphatic heterocycles. The molecule has 1 heterocycles. The monoisotopic (exact) mass is 237 g/mol. The number of hydrogen-bond donors (Lipinski definition) is 2. The minimum absolute atomic E-state index is 0.116. The Bertz CT molecular complexity index is 521. The predicted octanol–water partition coefficient (Wildman–Crippen LogP) is 3.37. The van der Waals surface area contributed by atoms with Crippen molar-refractivity contribution in [2.45, 2.75) is 0 Å². The molecule has 1 aromatic heterocycles. The topological polar surface area (TPSA) is 62.5 Å². The van der Waals surface area contributed by atoms with Gasteiger partial charge in [0, 0.05) is 6.07 Å². The van der Waals surface area contributed by atoms with Crippen LogP contribution in [0, 0.1) is 0 Å². The van der Waals surface area contributed by atoms with Crippen molar-refractivity contribution in [3.8, 4) is 0 Å². The van der Waals surface area contributed by atoms with Crippen molar-refractivity contribution in [2.24, 2.45) is 0 Å². The van der Waals surface area contributed by atoms with Gasteiger partial charge in [0.25, 0.3) is 0 Å². The van der Waals surface area contributed by atoms with Gasteiger partial charge in [-0.05, 0) is 18.2 Å². The first-order valence-electron chi connectivity index (χ1n) is 4.51. The number of para-hydroxylation sites is 1. The summed E-state index contributed by atoms with van der Waals surface area (Å²) in [5, 5.41) is 12.1. The van der Waals surface area contributed by atoms with E-state index < -0.39 is 5.97 Å². The van der Waals surface area contributed by atoms with Crippen molar-refractivity contribution in [3.05, 3.63) is 47.2 Å². The highest BCUT2D eigenvalue weighted by molar-refractivity contribution is 6.33. The van der Waals surface area contributed by atoms with Gasteiger partial charge in [-0.3, -0.25) is 0 Å². The van der Waals surface area contributed by atoms with Gasteiger partial charge in [-0.2, -0.15) is 0 Å². The van der Waals surface area contributed by atoms with Crippen molar-refractivity contribution in [3.63, 3.8) is 0 Å². The number of rotatable bonds is 3. The standard InChI is InChI=1S/C11H8ClNO3/c12-7-3-1-2-4-8(7)13-10-6-5-9(16-10)11(14)15/h1-6,13H,(H,14,15). The van der Waals surface area contributed by atoms with E-state index in [1.165, 1.54) is 12.1 Å². The lowest BCUT2D eigenvalue weighted by Crippen LogP contribution is -1.92. The lowest BCUT2D eigenvalue weighted by Gasteiger charge is -2.04. The van der Waals surface area contributed by atoms with Gasteiger partial charge in [-0.15, -0.1) is 0 Å². The van der Waals surface area contributed by atoms with Crippen LogP contribution in [0.25, 0.3) is 0 Å². The summed E-state index contributed by atoms with van der Waals surface area (Å²) in [7, 11) is 0. The predicted molar refractivity (Wildman–Crippen MR) is 60.4 cm³/mol. The van der Waals surface area contributed by atoms with E-state index >= 15 is 0 Å². The lowest BCUT2D eigenvalue weighted by molar-refractivity contribution is 0.0663. The molecule has 2 aromatic rings. The minimum Gasteiger partial charge on any atom is -0.475 e. The first kappa shape index (κ1) is 10.6. The Hall–Kier alpha value is -1.94. The van der Waals surface area contributed by atoms with Gasteiger partial charge < -0.3 is 14.8 Å². The molecule has 1 aromatic carbocycles. The Morgan fingerprint density at radius 1 is 1.25 bits per heavy atom. The van der Waals surface area contributed by atoms with E-state index in [-0.39, 0.29) is 5.76 Å². The first-order chi connectivity index (χ1) is 7.66. The zero-order chi connectivity index (χ0) is 11.5. The second-order valence-corrected chi connectivity index (χ2v) is 3.48. The number of aromatic carboxylic acids is 1. The van der Waals surface area contributed by atoms with Crippen molar-refractivity contribution in [2.75, 3.05) is 5.32 Å². The molecule has 5 heteroatoms. The molecule has 16 heavy (non-hydrogen) atoms. The SMILES string of the molecule is O=C(O)c1ccc(Nc2ccccc2Cl)o1. The fourth-order valence-corrected chi connectivity index (χ4v) is 1.40. The number of carbonyl (C=O) groups is 1. The number of halogens is 1. The summed E-state index contributed by atoms with van der Waals surface area (Å²) in [6, 6.07) is 10.0. The van der Waals surface area contributed by atoms with Gasteiger partial charge in [0.1, 0.15) is 0 Å². The van der Waals surface area contributed by atoms with Crippen molar-refractivity contribution in [1.82, 2.24) is 0 Å². The molecule has 2 N–H and O–H groups in total. The van der Waals surface area contributed by atoms with Crippen molar-refractivity contribution >= 4 is 29.1 Å². The van der Waals surface area contributed by atoms with Crippen LogP contribution in [0.1, 0.15) is 10.6 Å². The van der Waals surface area contributed by atoms with E-state index in [9.17, 15) is 4.79 Å². The third-order valence-electron chi connectivity index (χ3n) is 1.95. The zero-order valence-electron chi connectivity index (χ0n) is 8.11. The van der Waals surface area contributed by atoms with Crippen LogP contribution in [-0.2, 0) is 0 Å². The highest BCUT2D eigenvalue weighted by atomic mass is 35.5. The summed E-state index contributed by atoms with van der Waals surface area (Å²) in [6.07, 6.45) is 0. The average molecular weight is 238 g/mol. The number of furan rings is 1. The van der Waals surface area contributed by atoms with Crippen LogP contribution >= 0.6 is 11.6 Å². The second kappa shape index (κ2) is 4.28. The molecule has 0 aliphatic rings. The Balaban J connectivity index is 2.21. The summed E-state index contributed by atoms with van der Waals surface area (Å²) in [6.45, 7) is 0. The summed E-state index contributed by atoms with van der Waals surface area (Å²) in [5.41, 5.74) is 0.662. The fraction of sp³-hybridized carbons (Fsp3) is 0. The van der Waals surface area contributed by atoms with E-state index in [0.717, 1.165) is 0 Å². The van der Waals surface area contributed by atoms with Gasteiger partial charge in [0.05, 0.1) is 10.7 Å². The third kappa shape index (κ3) is 2.17. The molecule has 82 valence electrons. The Kier molecular flexibility index (Phi) is 2.83. The molecule has 0 amide bonds. The van der Waals surface area contributed by atoms with Gasteiger partial charge in [-0.1, -0.05) is 23.7 Å². The summed E-state index contributed by atoms with van der Waals surface area (Å²) in [4.78, 5) is 10.6. The number of hydrogen-bond acceptors (Lipinski definition) is 3. The highest BCUT2D eigenvalue weighted by Crippen LogP contribution is 2.25. The minimum atomic E-state index is -1.10. The lowest BCUT2D eigenvalue weighted by atomic mass is 10.3. The van der Waals surface area contributed by atoms with Crippen LogP contribution < -0.4 is 5.32 Å². The average Bonchev–Trinajstić information content (AvgIpc) is 2.70.